The van der Waals surface area contributed by atoms with Crippen LogP contribution in [0.25, 0.3) is 0 Å². The molecule has 0 aliphatic rings. The second-order valence-electron chi connectivity index (χ2n) is 2.44. The first-order valence-electron chi connectivity index (χ1n) is 3.76. The van der Waals surface area contributed by atoms with Crippen LogP contribution in [0.2, 0.25) is 0 Å². The van der Waals surface area contributed by atoms with Crippen LogP contribution in [0.3, 0.4) is 0 Å². The Bertz CT molecular complexity index is 314. The molecule has 1 aromatic rings. The number of hydrogen-bond acceptors (Lipinski definition) is 3. The summed E-state index contributed by atoms with van der Waals surface area (Å²) in [7, 11) is 1.07. The summed E-state index contributed by atoms with van der Waals surface area (Å²) < 4.78 is 30.7. The monoisotopic (exact) mass is 218 g/mol. The number of carbonyl (C=O) groups excluding carboxylic acids is 1. The van der Waals surface area contributed by atoms with Crippen LogP contribution >= 0.6 is 11.8 Å². The summed E-state index contributed by atoms with van der Waals surface area (Å²) in [5.74, 6) is 0. The normalized spacial score (nSPS) is 11.1. The molecular weight excluding hydrogens is 210 g/mol. The molecule has 0 aromatic heterocycles. The summed E-state index contributed by atoms with van der Waals surface area (Å²) in [5.41, 5.74) is -0.213. The fourth-order valence-corrected chi connectivity index (χ4v) is 1.38. The van der Waals surface area contributed by atoms with Gasteiger partial charge in [-0.15, -0.1) is 0 Å². The molecule has 0 fully saturated rings. The van der Waals surface area contributed by atoms with Gasteiger partial charge in [0.2, 0.25) is 0 Å². The first-order valence-corrected chi connectivity index (χ1v) is 4.58. The molecule has 0 saturated heterocycles. The molecule has 0 radical (unpaired) electrons. The van der Waals surface area contributed by atoms with E-state index < -0.39 is 10.6 Å². The topological polar surface area (TPSA) is 26.3 Å². The molecule has 76 valence electrons. The van der Waals surface area contributed by atoms with E-state index in [-0.39, 0.29) is 17.3 Å². The molecule has 0 heterocycles. The molecule has 0 unspecified atom stereocenters. The highest BCUT2D eigenvalue weighted by Crippen LogP contribution is 2.40. The molecule has 0 spiro atoms. The zero-order chi connectivity index (χ0) is 10.6. The van der Waals surface area contributed by atoms with Crippen LogP contribution < -0.4 is 0 Å². The van der Waals surface area contributed by atoms with E-state index in [1.807, 2.05) is 0 Å². The summed E-state index contributed by atoms with van der Waals surface area (Å²) in [6.45, 7) is 0. The smallest absolute Gasteiger partial charge is 0.373 e. The van der Waals surface area contributed by atoms with Crippen molar-refractivity contribution in [3.8, 4) is 0 Å². The van der Waals surface area contributed by atoms with Crippen LogP contribution in [-0.4, -0.2) is 12.4 Å². The number of carbonyl (C=O) groups is 1. The van der Waals surface area contributed by atoms with Crippen LogP contribution in [0.5, 0.6) is 0 Å². The maximum absolute atomic E-state index is 13.3. The molecule has 0 bridgehead atoms. The Kier molecular flexibility index (Phi) is 3.46. The molecule has 2 nitrogen and oxygen atoms in total. The highest BCUT2D eigenvalue weighted by Gasteiger charge is 2.36. The SMILES string of the molecule is COC(=O)SC(F)(F)c1ccccc1. The minimum atomic E-state index is -3.24. The van der Waals surface area contributed by atoms with Crippen molar-refractivity contribution >= 4 is 17.1 Å². The van der Waals surface area contributed by atoms with Crippen molar-refractivity contribution < 1.29 is 18.3 Å². The predicted octanol–water partition coefficient (Wildman–Crippen LogP) is 3.24. The number of benzene rings is 1. The fraction of sp³-hybridized carbons (Fsp3) is 0.222. The van der Waals surface area contributed by atoms with Crippen LogP contribution in [-0.2, 0) is 9.99 Å². The van der Waals surface area contributed by atoms with Gasteiger partial charge in [0, 0.05) is 17.3 Å². The Morgan fingerprint density at radius 1 is 1.36 bits per heavy atom. The van der Waals surface area contributed by atoms with Gasteiger partial charge < -0.3 is 4.74 Å². The van der Waals surface area contributed by atoms with E-state index in [2.05, 4.69) is 4.74 Å². The zero-order valence-corrected chi connectivity index (χ0v) is 8.18. The van der Waals surface area contributed by atoms with Crippen LogP contribution in [0, 0.1) is 0 Å². The Balaban J connectivity index is 2.80. The van der Waals surface area contributed by atoms with Gasteiger partial charge in [0.1, 0.15) is 0 Å². The van der Waals surface area contributed by atoms with Gasteiger partial charge in [-0.05, 0) is 0 Å². The van der Waals surface area contributed by atoms with Gasteiger partial charge in [0.25, 0.3) is 0 Å². The first-order chi connectivity index (χ1) is 6.56. The van der Waals surface area contributed by atoms with E-state index in [0.29, 0.717) is 0 Å². The third kappa shape index (κ3) is 2.70. The molecule has 0 aliphatic carbocycles. The summed E-state index contributed by atoms with van der Waals surface area (Å²) in [5, 5.41) is -4.24. The van der Waals surface area contributed by atoms with Crippen LogP contribution in [0.1, 0.15) is 5.56 Å². The average Bonchev–Trinajstić information content (AvgIpc) is 2.18. The van der Waals surface area contributed by atoms with Gasteiger partial charge in [0.15, 0.2) is 0 Å². The molecule has 1 rings (SSSR count). The molecule has 1 aromatic carbocycles. The lowest BCUT2D eigenvalue weighted by Crippen LogP contribution is -2.11. The van der Waals surface area contributed by atoms with Gasteiger partial charge in [-0.2, -0.15) is 8.78 Å². The zero-order valence-electron chi connectivity index (χ0n) is 7.37. The molecule has 0 N–H and O–H groups in total. The van der Waals surface area contributed by atoms with E-state index in [1.165, 1.54) is 24.3 Å². The van der Waals surface area contributed by atoms with E-state index >= 15 is 0 Å². The van der Waals surface area contributed by atoms with E-state index in [0.717, 1.165) is 7.11 Å². The van der Waals surface area contributed by atoms with Crippen LogP contribution in [0.4, 0.5) is 13.6 Å². The summed E-state index contributed by atoms with van der Waals surface area (Å²) in [6, 6.07) is 7.12. The van der Waals surface area contributed by atoms with Gasteiger partial charge in [-0.1, -0.05) is 30.3 Å². The summed E-state index contributed by atoms with van der Waals surface area (Å²) in [4.78, 5) is 10.7. The van der Waals surface area contributed by atoms with E-state index in [9.17, 15) is 13.6 Å². The number of alkyl halides is 2. The third-order valence-corrected chi connectivity index (χ3v) is 2.31. The molecule has 0 aliphatic heterocycles. The Labute approximate surface area is 84.3 Å². The maximum Gasteiger partial charge on any atom is 0.373 e. The lowest BCUT2D eigenvalue weighted by molar-refractivity contribution is 0.104. The standard InChI is InChI=1S/C9H8F2O2S/c1-13-8(12)14-9(10,11)7-5-3-2-4-6-7/h2-6H,1H3. The molecule has 0 atom stereocenters. The number of methoxy groups -OCH3 is 1. The third-order valence-electron chi connectivity index (χ3n) is 1.49. The summed E-state index contributed by atoms with van der Waals surface area (Å²) >= 11 is -0.139. The number of ether oxygens (including phenoxy) is 1. The quantitative estimate of drug-likeness (QED) is 0.713. The van der Waals surface area contributed by atoms with Crippen molar-refractivity contribution in [2.24, 2.45) is 0 Å². The summed E-state index contributed by atoms with van der Waals surface area (Å²) in [6.07, 6.45) is 0. The minimum Gasteiger partial charge on any atom is -0.461 e. The Morgan fingerprint density at radius 2 is 1.93 bits per heavy atom. The molecule has 0 saturated carbocycles. The van der Waals surface area contributed by atoms with Crippen molar-refractivity contribution in [3.63, 3.8) is 0 Å². The second-order valence-corrected chi connectivity index (χ2v) is 3.49. The maximum atomic E-state index is 13.3. The van der Waals surface area contributed by atoms with Crippen LogP contribution in [0.15, 0.2) is 30.3 Å². The van der Waals surface area contributed by atoms with Gasteiger partial charge in [0.05, 0.1) is 7.11 Å². The number of thioether (sulfide) groups is 1. The average molecular weight is 218 g/mol. The number of halogens is 2. The highest BCUT2D eigenvalue weighted by molar-refractivity contribution is 8.13. The second kappa shape index (κ2) is 4.41. The Morgan fingerprint density at radius 3 is 2.43 bits per heavy atom. The van der Waals surface area contributed by atoms with E-state index in [1.54, 1.807) is 6.07 Å². The van der Waals surface area contributed by atoms with Crippen molar-refractivity contribution in [2.45, 2.75) is 5.25 Å². The largest absolute Gasteiger partial charge is 0.461 e. The molecule has 0 amide bonds. The minimum absolute atomic E-state index is 0.139. The lowest BCUT2D eigenvalue weighted by Gasteiger charge is -2.13. The predicted molar refractivity (Wildman–Crippen MR) is 50.3 cm³/mol. The highest BCUT2D eigenvalue weighted by atomic mass is 32.2. The van der Waals surface area contributed by atoms with Crippen molar-refractivity contribution in [2.75, 3.05) is 7.11 Å². The molecule has 14 heavy (non-hydrogen) atoms. The van der Waals surface area contributed by atoms with Gasteiger partial charge in [-0.3, -0.25) is 0 Å². The molecule has 5 heteroatoms. The van der Waals surface area contributed by atoms with E-state index in [4.69, 9.17) is 0 Å². The van der Waals surface area contributed by atoms with Crippen molar-refractivity contribution in [1.82, 2.24) is 0 Å². The van der Waals surface area contributed by atoms with Gasteiger partial charge >= 0.3 is 10.6 Å². The Hall–Kier alpha value is -1.10. The fourth-order valence-electron chi connectivity index (χ4n) is 0.837. The van der Waals surface area contributed by atoms with Gasteiger partial charge in [-0.25, -0.2) is 4.79 Å². The number of hydrogen-bond donors (Lipinski definition) is 0. The molecular formula is C9H8F2O2S. The lowest BCUT2D eigenvalue weighted by atomic mass is 10.2. The van der Waals surface area contributed by atoms with Crippen molar-refractivity contribution in [1.29, 1.82) is 0 Å². The van der Waals surface area contributed by atoms with Crippen molar-refractivity contribution in [3.05, 3.63) is 35.9 Å². The first kappa shape index (κ1) is 11.0. The number of rotatable bonds is 2.